The molecule has 0 heterocycles. The van der Waals surface area contributed by atoms with Crippen molar-refractivity contribution in [2.45, 2.75) is 25.8 Å². The number of phenolic OH excluding ortho intramolecular Hbond substituents is 2. The molecule has 0 aliphatic heterocycles. The van der Waals surface area contributed by atoms with Gasteiger partial charge in [-0.2, -0.15) is 0 Å². The fourth-order valence-electron chi connectivity index (χ4n) is 1.31. The summed E-state index contributed by atoms with van der Waals surface area (Å²) in [5.74, 6) is -0.201. The van der Waals surface area contributed by atoms with Crippen LogP contribution >= 0.6 is 12.4 Å². The number of benzene rings is 1. The molecule has 0 fully saturated rings. The Morgan fingerprint density at radius 3 is 2.57 bits per heavy atom. The van der Waals surface area contributed by atoms with E-state index in [9.17, 15) is 10.2 Å². The molecule has 4 heteroatoms. The molecule has 0 amide bonds. The molecule has 1 rings (SSSR count). The van der Waals surface area contributed by atoms with Gasteiger partial charge in [0, 0.05) is 11.6 Å². The Hall–Kier alpha value is -0.930. The van der Waals surface area contributed by atoms with Crippen LogP contribution in [-0.2, 0) is 0 Å². The van der Waals surface area contributed by atoms with Gasteiger partial charge in [0.25, 0.3) is 0 Å². The van der Waals surface area contributed by atoms with Crippen molar-refractivity contribution in [2.24, 2.45) is 5.73 Å². The molecule has 4 N–H and O–H groups in total. The number of hydrogen-bond donors (Lipinski definition) is 3. The third-order valence-electron chi connectivity index (χ3n) is 2.05. The molecule has 0 bridgehead atoms. The Labute approximate surface area is 90.0 Å². The first-order valence-electron chi connectivity index (χ1n) is 4.43. The molecule has 1 aromatic rings. The Balaban J connectivity index is 0.00000169. The zero-order valence-electron chi connectivity index (χ0n) is 8.10. The molecule has 1 atom stereocenters. The van der Waals surface area contributed by atoms with E-state index in [1.54, 1.807) is 12.1 Å². The lowest BCUT2D eigenvalue weighted by Gasteiger charge is -2.12. The van der Waals surface area contributed by atoms with E-state index in [1.165, 1.54) is 6.07 Å². The van der Waals surface area contributed by atoms with Gasteiger partial charge in [-0.1, -0.05) is 25.5 Å². The van der Waals surface area contributed by atoms with E-state index in [0.29, 0.717) is 5.56 Å². The molecule has 1 aromatic carbocycles. The molecule has 0 spiro atoms. The minimum Gasteiger partial charge on any atom is -0.504 e. The molecular weight excluding hydrogens is 202 g/mol. The highest BCUT2D eigenvalue weighted by molar-refractivity contribution is 5.85. The Morgan fingerprint density at radius 2 is 2.00 bits per heavy atom. The lowest BCUT2D eigenvalue weighted by molar-refractivity contribution is 0.394. The van der Waals surface area contributed by atoms with Crippen molar-refractivity contribution in [3.63, 3.8) is 0 Å². The van der Waals surface area contributed by atoms with Crippen LogP contribution in [0.4, 0.5) is 0 Å². The molecule has 0 unspecified atom stereocenters. The molecule has 0 saturated carbocycles. The Bertz CT molecular complexity index is 291. The van der Waals surface area contributed by atoms with E-state index in [2.05, 4.69) is 0 Å². The minimum absolute atomic E-state index is 0. The predicted octanol–water partition coefficient (Wildman–Crippen LogP) is 2.32. The number of nitrogens with two attached hydrogens (primary N) is 1. The second kappa shape index (κ2) is 5.73. The molecule has 0 saturated heterocycles. The lowest BCUT2D eigenvalue weighted by Crippen LogP contribution is -2.09. The molecule has 0 aliphatic rings. The van der Waals surface area contributed by atoms with Crippen molar-refractivity contribution in [1.82, 2.24) is 0 Å². The Kier molecular flexibility index (Phi) is 5.35. The second-order valence-electron chi connectivity index (χ2n) is 3.11. The summed E-state index contributed by atoms with van der Waals surface area (Å²) in [6.45, 7) is 2.03. The van der Waals surface area contributed by atoms with E-state index in [-0.39, 0.29) is 29.9 Å². The highest BCUT2D eigenvalue weighted by Gasteiger charge is 2.11. The fraction of sp³-hybridized carbons (Fsp3) is 0.400. The molecule has 14 heavy (non-hydrogen) atoms. The molecule has 0 radical (unpaired) electrons. The van der Waals surface area contributed by atoms with Gasteiger partial charge in [-0.05, 0) is 12.5 Å². The summed E-state index contributed by atoms with van der Waals surface area (Å²) in [6.07, 6.45) is 1.76. The smallest absolute Gasteiger partial charge is 0.162 e. The molecule has 80 valence electrons. The van der Waals surface area contributed by atoms with Crippen molar-refractivity contribution >= 4 is 12.4 Å². The van der Waals surface area contributed by atoms with Gasteiger partial charge in [0.15, 0.2) is 11.5 Å². The Morgan fingerprint density at radius 1 is 1.36 bits per heavy atom. The van der Waals surface area contributed by atoms with Crippen molar-refractivity contribution < 1.29 is 10.2 Å². The molecule has 0 aromatic heterocycles. The predicted molar refractivity (Wildman–Crippen MR) is 58.9 cm³/mol. The summed E-state index contributed by atoms with van der Waals surface area (Å²) in [6, 6.07) is 4.66. The largest absolute Gasteiger partial charge is 0.504 e. The topological polar surface area (TPSA) is 66.5 Å². The van der Waals surface area contributed by atoms with Crippen LogP contribution in [0.3, 0.4) is 0 Å². The van der Waals surface area contributed by atoms with Crippen LogP contribution in [0.15, 0.2) is 18.2 Å². The highest BCUT2D eigenvalue weighted by atomic mass is 35.5. The number of para-hydroxylation sites is 1. The number of rotatable bonds is 3. The quantitative estimate of drug-likeness (QED) is 0.681. The van der Waals surface area contributed by atoms with Crippen LogP contribution in [-0.4, -0.2) is 10.2 Å². The third-order valence-corrected chi connectivity index (χ3v) is 2.05. The summed E-state index contributed by atoms with van der Waals surface area (Å²) in [5.41, 5.74) is 6.42. The zero-order valence-corrected chi connectivity index (χ0v) is 8.92. The van der Waals surface area contributed by atoms with Gasteiger partial charge in [-0.15, -0.1) is 12.4 Å². The van der Waals surface area contributed by atoms with Crippen molar-refractivity contribution in [3.05, 3.63) is 23.8 Å². The van der Waals surface area contributed by atoms with Gasteiger partial charge < -0.3 is 15.9 Å². The van der Waals surface area contributed by atoms with Gasteiger partial charge in [0.05, 0.1) is 0 Å². The standard InChI is InChI=1S/C10H15NO2.ClH/c1-2-4-8(11)7-5-3-6-9(12)10(7)13;/h3,5-6,8,12-13H,2,4,11H2,1H3;1H/t8-;/m0./s1. The van der Waals surface area contributed by atoms with Gasteiger partial charge in [0.2, 0.25) is 0 Å². The average molecular weight is 218 g/mol. The fourth-order valence-corrected chi connectivity index (χ4v) is 1.31. The summed E-state index contributed by atoms with van der Waals surface area (Å²) in [4.78, 5) is 0. The van der Waals surface area contributed by atoms with Gasteiger partial charge in [-0.25, -0.2) is 0 Å². The number of hydrogen-bond acceptors (Lipinski definition) is 3. The molecule has 0 aliphatic carbocycles. The van der Waals surface area contributed by atoms with Gasteiger partial charge >= 0.3 is 0 Å². The van der Waals surface area contributed by atoms with E-state index in [0.717, 1.165) is 12.8 Å². The maximum atomic E-state index is 9.46. The normalized spacial score (nSPS) is 11.9. The molecule has 3 nitrogen and oxygen atoms in total. The van der Waals surface area contributed by atoms with Crippen LogP contribution in [0.2, 0.25) is 0 Å². The highest BCUT2D eigenvalue weighted by Crippen LogP contribution is 2.32. The van der Waals surface area contributed by atoms with E-state index in [4.69, 9.17) is 5.73 Å². The first-order chi connectivity index (χ1) is 6.16. The SMILES string of the molecule is CCC[C@H](N)c1cccc(O)c1O.Cl. The first kappa shape index (κ1) is 13.1. The summed E-state index contributed by atoms with van der Waals surface area (Å²) < 4.78 is 0. The van der Waals surface area contributed by atoms with E-state index < -0.39 is 0 Å². The van der Waals surface area contributed by atoms with E-state index in [1.807, 2.05) is 6.92 Å². The summed E-state index contributed by atoms with van der Waals surface area (Å²) in [5, 5.41) is 18.7. The third kappa shape index (κ3) is 2.79. The number of aromatic hydroxyl groups is 2. The average Bonchev–Trinajstić information content (AvgIpc) is 2.10. The monoisotopic (exact) mass is 217 g/mol. The van der Waals surface area contributed by atoms with Crippen LogP contribution in [0.1, 0.15) is 31.4 Å². The van der Waals surface area contributed by atoms with Crippen LogP contribution in [0, 0.1) is 0 Å². The van der Waals surface area contributed by atoms with E-state index >= 15 is 0 Å². The maximum absolute atomic E-state index is 9.46. The number of halogens is 1. The van der Waals surface area contributed by atoms with Gasteiger partial charge in [0.1, 0.15) is 0 Å². The van der Waals surface area contributed by atoms with Crippen LogP contribution in [0.25, 0.3) is 0 Å². The molecular formula is C10H16ClNO2. The van der Waals surface area contributed by atoms with Crippen LogP contribution in [0.5, 0.6) is 11.5 Å². The summed E-state index contributed by atoms with van der Waals surface area (Å²) in [7, 11) is 0. The first-order valence-corrected chi connectivity index (χ1v) is 4.43. The zero-order chi connectivity index (χ0) is 9.84. The number of phenols is 2. The lowest BCUT2D eigenvalue weighted by atomic mass is 10.0. The second-order valence-corrected chi connectivity index (χ2v) is 3.11. The van der Waals surface area contributed by atoms with Crippen LogP contribution < -0.4 is 5.73 Å². The van der Waals surface area contributed by atoms with Crippen molar-refractivity contribution in [1.29, 1.82) is 0 Å². The van der Waals surface area contributed by atoms with Gasteiger partial charge in [-0.3, -0.25) is 0 Å². The van der Waals surface area contributed by atoms with Crippen molar-refractivity contribution in [3.8, 4) is 11.5 Å². The van der Waals surface area contributed by atoms with Crippen molar-refractivity contribution in [2.75, 3.05) is 0 Å². The maximum Gasteiger partial charge on any atom is 0.162 e. The summed E-state index contributed by atoms with van der Waals surface area (Å²) >= 11 is 0. The minimum atomic E-state index is -0.197.